The highest BCUT2D eigenvalue weighted by atomic mass is 16.5. The van der Waals surface area contributed by atoms with Crippen molar-refractivity contribution < 1.29 is 4.74 Å². The van der Waals surface area contributed by atoms with Crippen LogP contribution in [0.1, 0.15) is 51.2 Å². The first-order chi connectivity index (χ1) is 10.5. The van der Waals surface area contributed by atoms with Gasteiger partial charge in [-0.05, 0) is 62.3 Å². The van der Waals surface area contributed by atoms with Gasteiger partial charge in [-0.1, -0.05) is 31.1 Å². The molecule has 0 saturated heterocycles. The zero-order chi connectivity index (χ0) is 15.7. The van der Waals surface area contributed by atoms with Crippen molar-refractivity contribution in [1.82, 2.24) is 5.32 Å². The molecule has 0 radical (unpaired) electrons. The molecular weight excluding hydrogens is 270 g/mol. The van der Waals surface area contributed by atoms with Crippen LogP contribution < -0.4 is 10.1 Å². The Bertz CT molecular complexity index is 573. The van der Waals surface area contributed by atoms with Gasteiger partial charge in [0.1, 0.15) is 5.75 Å². The molecule has 2 aliphatic rings. The summed E-state index contributed by atoms with van der Waals surface area (Å²) in [6.07, 6.45) is 7.49. The summed E-state index contributed by atoms with van der Waals surface area (Å²) in [5, 5.41) is 3.86. The summed E-state index contributed by atoms with van der Waals surface area (Å²) in [4.78, 5) is 0. The van der Waals surface area contributed by atoms with Gasteiger partial charge < -0.3 is 10.1 Å². The van der Waals surface area contributed by atoms with Gasteiger partial charge in [0.25, 0.3) is 0 Å². The van der Waals surface area contributed by atoms with E-state index in [-0.39, 0.29) is 5.41 Å². The van der Waals surface area contributed by atoms with Crippen LogP contribution in [0.3, 0.4) is 0 Å². The standard InChI is InChI=1S/C20H29NO/c1-14(2)9-11-21-19-16-6-5-10-20(19,3)18-13-17(22-4)8-7-15(18)12-16/h7-9,13,16,19,21H,5-6,10-12H2,1-4H3. The molecule has 120 valence electrons. The number of rotatable bonds is 4. The lowest BCUT2D eigenvalue weighted by Gasteiger charge is -2.51. The van der Waals surface area contributed by atoms with E-state index in [2.05, 4.69) is 50.4 Å². The van der Waals surface area contributed by atoms with Gasteiger partial charge in [-0.3, -0.25) is 0 Å². The van der Waals surface area contributed by atoms with Crippen LogP contribution in [0.4, 0.5) is 0 Å². The Morgan fingerprint density at radius 3 is 2.95 bits per heavy atom. The molecule has 1 aromatic rings. The van der Waals surface area contributed by atoms with E-state index in [0.29, 0.717) is 6.04 Å². The Morgan fingerprint density at radius 2 is 2.23 bits per heavy atom. The van der Waals surface area contributed by atoms with Crippen LogP contribution in [0.5, 0.6) is 5.75 Å². The first-order valence-corrected chi connectivity index (χ1v) is 8.59. The molecule has 3 rings (SSSR count). The monoisotopic (exact) mass is 299 g/mol. The van der Waals surface area contributed by atoms with Crippen LogP contribution in [0.25, 0.3) is 0 Å². The molecule has 3 unspecified atom stereocenters. The number of nitrogens with one attached hydrogen (secondary N) is 1. The normalized spacial score (nSPS) is 29.6. The molecule has 0 spiro atoms. The second-order valence-electron chi connectivity index (χ2n) is 7.46. The highest BCUT2D eigenvalue weighted by Gasteiger charge is 2.47. The first kappa shape index (κ1) is 15.6. The largest absolute Gasteiger partial charge is 0.497 e. The third kappa shape index (κ3) is 2.69. The van der Waals surface area contributed by atoms with Crippen LogP contribution in [0, 0.1) is 5.92 Å². The van der Waals surface area contributed by atoms with E-state index in [0.717, 1.165) is 18.2 Å². The third-order valence-electron chi connectivity index (χ3n) is 5.69. The predicted molar refractivity (Wildman–Crippen MR) is 92.6 cm³/mol. The summed E-state index contributed by atoms with van der Waals surface area (Å²) < 4.78 is 5.48. The van der Waals surface area contributed by atoms with Crippen molar-refractivity contribution in [2.45, 2.75) is 57.9 Å². The lowest BCUT2D eigenvalue weighted by Crippen LogP contribution is -2.57. The summed E-state index contributed by atoms with van der Waals surface area (Å²) >= 11 is 0. The number of ether oxygens (including phenoxy) is 1. The number of hydrogen-bond acceptors (Lipinski definition) is 2. The lowest BCUT2D eigenvalue weighted by molar-refractivity contribution is 0.144. The van der Waals surface area contributed by atoms with Crippen LogP contribution >= 0.6 is 0 Å². The number of benzene rings is 1. The Morgan fingerprint density at radius 1 is 1.41 bits per heavy atom. The van der Waals surface area contributed by atoms with Gasteiger partial charge in [-0.25, -0.2) is 0 Å². The van der Waals surface area contributed by atoms with E-state index in [4.69, 9.17) is 4.74 Å². The minimum atomic E-state index is 0.237. The number of methoxy groups -OCH3 is 1. The van der Waals surface area contributed by atoms with Gasteiger partial charge in [0.2, 0.25) is 0 Å². The fourth-order valence-electron chi connectivity index (χ4n) is 4.55. The Kier molecular flexibility index (Phi) is 4.31. The molecule has 2 nitrogen and oxygen atoms in total. The van der Waals surface area contributed by atoms with Crippen molar-refractivity contribution in [3.8, 4) is 5.75 Å². The summed E-state index contributed by atoms with van der Waals surface area (Å²) in [6, 6.07) is 7.27. The molecule has 1 N–H and O–H groups in total. The van der Waals surface area contributed by atoms with Gasteiger partial charge in [-0.15, -0.1) is 0 Å². The van der Waals surface area contributed by atoms with E-state index in [1.807, 2.05) is 0 Å². The van der Waals surface area contributed by atoms with Gasteiger partial charge >= 0.3 is 0 Å². The highest BCUT2D eigenvalue weighted by Crippen LogP contribution is 2.49. The van der Waals surface area contributed by atoms with E-state index < -0.39 is 0 Å². The van der Waals surface area contributed by atoms with Crippen molar-refractivity contribution in [2.24, 2.45) is 5.92 Å². The minimum absolute atomic E-state index is 0.237. The first-order valence-electron chi connectivity index (χ1n) is 8.59. The fraction of sp³-hybridized carbons (Fsp3) is 0.600. The molecule has 0 heterocycles. The smallest absolute Gasteiger partial charge is 0.119 e. The molecule has 2 bridgehead atoms. The second-order valence-corrected chi connectivity index (χ2v) is 7.46. The number of allylic oxidation sites excluding steroid dienone is 1. The van der Waals surface area contributed by atoms with Crippen LogP contribution in [-0.4, -0.2) is 19.7 Å². The Balaban J connectivity index is 1.94. The van der Waals surface area contributed by atoms with E-state index in [1.165, 1.54) is 42.4 Å². The molecule has 22 heavy (non-hydrogen) atoms. The van der Waals surface area contributed by atoms with Gasteiger partial charge in [-0.2, -0.15) is 0 Å². The van der Waals surface area contributed by atoms with Crippen molar-refractivity contribution in [1.29, 1.82) is 0 Å². The summed E-state index contributed by atoms with van der Waals surface area (Å²) in [7, 11) is 1.76. The average Bonchev–Trinajstić information content (AvgIpc) is 2.48. The Hall–Kier alpha value is -1.28. The third-order valence-corrected chi connectivity index (χ3v) is 5.69. The van der Waals surface area contributed by atoms with Crippen LogP contribution in [-0.2, 0) is 11.8 Å². The number of fused-ring (bicyclic) bond motifs is 4. The Labute approximate surface area is 135 Å². The highest BCUT2D eigenvalue weighted by molar-refractivity contribution is 5.45. The molecule has 0 aliphatic heterocycles. The molecule has 3 atom stereocenters. The molecule has 0 amide bonds. The molecule has 0 aromatic heterocycles. The van der Waals surface area contributed by atoms with Gasteiger partial charge in [0, 0.05) is 18.0 Å². The molecular formula is C20H29NO. The lowest BCUT2D eigenvalue weighted by atomic mass is 9.57. The van der Waals surface area contributed by atoms with Gasteiger partial charge in [0.05, 0.1) is 7.11 Å². The number of hydrogen-bond donors (Lipinski definition) is 1. The maximum absolute atomic E-state index is 5.48. The van der Waals surface area contributed by atoms with E-state index in [9.17, 15) is 0 Å². The van der Waals surface area contributed by atoms with Crippen molar-refractivity contribution in [3.63, 3.8) is 0 Å². The van der Waals surface area contributed by atoms with Crippen LogP contribution in [0.15, 0.2) is 29.8 Å². The second kappa shape index (κ2) is 6.08. The van der Waals surface area contributed by atoms with Crippen molar-refractivity contribution in [3.05, 3.63) is 41.0 Å². The van der Waals surface area contributed by atoms with Gasteiger partial charge in [0.15, 0.2) is 0 Å². The topological polar surface area (TPSA) is 21.3 Å². The summed E-state index contributed by atoms with van der Waals surface area (Å²) in [5.74, 6) is 1.76. The predicted octanol–water partition coefficient (Wildman–Crippen LogP) is 4.23. The molecule has 2 aliphatic carbocycles. The average molecular weight is 299 g/mol. The van der Waals surface area contributed by atoms with Crippen LogP contribution in [0.2, 0.25) is 0 Å². The molecule has 1 aromatic carbocycles. The maximum Gasteiger partial charge on any atom is 0.119 e. The van der Waals surface area contributed by atoms with E-state index >= 15 is 0 Å². The summed E-state index contributed by atoms with van der Waals surface area (Å²) in [5.41, 5.74) is 4.67. The zero-order valence-corrected chi connectivity index (χ0v) is 14.4. The molecule has 1 fully saturated rings. The zero-order valence-electron chi connectivity index (χ0n) is 14.4. The van der Waals surface area contributed by atoms with E-state index in [1.54, 1.807) is 7.11 Å². The maximum atomic E-state index is 5.48. The molecule has 2 heteroatoms. The SMILES string of the molecule is COc1ccc2c(c1)C1(C)CCCC(C2)C1NCC=C(C)C. The minimum Gasteiger partial charge on any atom is -0.497 e. The fourth-order valence-corrected chi connectivity index (χ4v) is 4.55. The quantitative estimate of drug-likeness (QED) is 0.840. The van der Waals surface area contributed by atoms with Crippen molar-refractivity contribution >= 4 is 0 Å². The molecule has 1 saturated carbocycles. The summed E-state index contributed by atoms with van der Waals surface area (Å²) in [6.45, 7) is 7.78. The van der Waals surface area contributed by atoms with Crippen molar-refractivity contribution in [2.75, 3.05) is 13.7 Å².